The quantitative estimate of drug-likeness (QED) is 0.207. The summed E-state index contributed by atoms with van der Waals surface area (Å²) in [7, 11) is 0. The first kappa shape index (κ1) is 28.0. The van der Waals surface area contributed by atoms with Crippen LogP contribution >= 0.6 is 0 Å². The summed E-state index contributed by atoms with van der Waals surface area (Å²) in [5, 5.41) is 14.9. The molecule has 3 aromatic carbocycles. The summed E-state index contributed by atoms with van der Waals surface area (Å²) in [5.74, 6) is 0.219. The lowest BCUT2D eigenvalue weighted by Gasteiger charge is -2.18. The Morgan fingerprint density at radius 3 is 2.49 bits per heavy atom. The second kappa shape index (κ2) is 10.9. The van der Waals surface area contributed by atoms with E-state index in [0.29, 0.717) is 33.2 Å². The number of nitrogens with zero attached hydrogens (tertiary/aromatic N) is 4. The van der Waals surface area contributed by atoms with Crippen LogP contribution in [0, 0.1) is 6.92 Å². The molecule has 5 aromatic rings. The summed E-state index contributed by atoms with van der Waals surface area (Å²) in [5.41, 5.74) is 8.48. The number of amides is 1. The fourth-order valence-corrected chi connectivity index (χ4v) is 5.36. The predicted octanol–water partition coefficient (Wildman–Crippen LogP) is 6.83. The van der Waals surface area contributed by atoms with Gasteiger partial charge in [-0.1, -0.05) is 12.1 Å². The molecule has 43 heavy (non-hydrogen) atoms. The second-order valence-corrected chi connectivity index (χ2v) is 10.5. The molecule has 218 valence electrons. The van der Waals surface area contributed by atoms with Gasteiger partial charge in [-0.3, -0.25) is 4.79 Å². The summed E-state index contributed by atoms with van der Waals surface area (Å²) >= 11 is 0. The zero-order valence-electron chi connectivity index (χ0n) is 23.1. The van der Waals surface area contributed by atoms with Crippen molar-refractivity contribution >= 4 is 34.3 Å². The van der Waals surface area contributed by atoms with Crippen LogP contribution in [0.5, 0.6) is 5.75 Å². The first-order valence-corrected chi connectivity index (χ1v) is 13.7. The summed E-state index contributed by atoms with van der Waals surface area (Å²) in [4.78, 5) is 28.5. The van der Waals surface area contributed by atoms with E-state index in [2.05, 4.69) is 25.2 Å². The molecule has 0 bridgehead atoms. The topological polar surface area (TPSA) is 117 Å². The molecule has 1 saturated heterocycles. The van der Waals surface area contributed by atoms with Gasteiger partial charge in [0, 0.05) is 53.2 Å². The molecule has 0 atom stereocenters. The Kier molecular flexibility index (Phi) is 7.09. The van der Waals surface area contributed by atoms with E-state index in [0.717, 1.165) is 49.4 Å². The van der Waals surface area contributed by atoms with Crippen LogP contribution in [0.25, 0.3) is 33.2 Å². The van der Waals surface area contributed by atoms with Crippen LogP contribution in [0.4, 0.5) is 30.6 Å². The normalized spacial score (nSPS) is 13.4. The molecular weight excluding hydrogens is 557 g/mol. The van der Waals surface area contributed by atoms with E-state index < -0.39 is 17.6 Å². The fraction of sp³-hybridized carbons (Fsp3) is 0.188. The molecule has 0 saturated carbocycles. The van der Waals surface area contributed by atoms with Gasteiger partial charge in [0.15, 0.2) is 0 Å². The molecule has 1 aliphatic heterocycles. The number of benzene rings is 3. The van der Waals surface area contributed by atoms with Crippen LogP contribution in [0.15, 0.2) is 73.1 Å². The van der Waals surface area contributed by atoms with Gasteiger partial charge >= 0.3 is 6.18 Å². The van der Waals surface area contributed by atoms with E-state index in [9.17, 15) is 23.1 Å². The number of anilines is 3. The van der Waals surface area contributed by atoms with Crippen LogP contribution in [-0.2, 0) is 6.18 Å². The highest BCUT2D eigenvalue weighted by molar-refractivity contribution is 6.06. The number of hydrogen-bond donors (Lipinski definition) is 3. The third-order valence-electron chi connectivity index (χ3n) is 7.57. The van der Waals surface area contributed by atoms with Crippen LogP contribution in [0.3, 0.4) is 0 Å². The van der Waals surface area contributed by atoms with E-state index in [1.165, 1.54) is 12.1 Å². The van der Waals surface area contributed by atoms with Crippen molar-refractivity contribution in [2.75, 3.05) is 29.0 Å². The largest absolute Gasteiger partial charge is 0.507 e. The number of nitrogens with two attached hydrogens (primary N) is 1. The van der Waals surface area contributed by atoms with Gasteiger partial charge in [0.25, 0.3) is 5.91 Å². The van der Waals surface area contributed by atoms with Gasteiger partial charge < -0.3 is 21.1 Å². The van der Waals surface area contributed by atoms with Gasteiger partial charge in [0.1, 0.15) is 11.6 Å². The number of aromatic nitrogens is 3. The lowest BCUT2D eigenvalue weighted by atomic mass is 9.92. The molecule has 8 nitrogen and oxygen atoms in total. The van der Waals surface area contributed by atoms with E-state index in [-0.39, 0.29) is 22.9 Å². The first-order valence-electron chi connectivity index (χ1n) is 13.7. The zero-order valence-corrected chi connectivity index (χ0v) is 23.1. The first-order chi connectivity index (χ1) is 20.6. The number of alkyl halides is 3. The summed E-state index contributed by atoms with van der Waals surface area (Å²) in [6.07, 6.45) is 0.945. The average Bonchev–Trinajstić information content (AvgIpc) is 3.52. The molecule has 0 spiro atoms. The molecule has 2 aromatic heterocycles. The van der Waals surface area contributed by atoms with Crippen molar-refractivity contribution in [2.45, 2.75) is 25.9 Å². The lowest BCUT2D eigenvalue weighted by Crippen LogP contribution is -2.18. The maximum Gasteiger partial charge on any atom is 0.416 e. The van der Waals surface area contributed by atoms with Crippen molar-refractivity contribution < 1.29 is 23.1 Å². The minimum atomic E-state index is -4.54. The predicted molar refractivity (Wildman–Crippen MR) is 160 cm³/mol. The van der Waals surface area contributed by atoms with Crippen LogP contribution < -0.4 is 16.0 Å². The van der Waals surface area contributed by atoms with Crippen LogP contribution in [0.1, 0.15) is 34.3 Å². The molecule has 0 radical (unpaired) electrons. The minimum Gasteiger partial charge on any atom is -0.507 e. The summed E-state index contributed by atoms with van der Waals surface area (Å²) < 4.78 is 39.5. The zero-order chi connectivity index (χ0) is 30.3. The standard InChI is InChI=1S/C32H27F3N6O2/c1-18-7-8-19(30(43)39-23-6-4-5-22(15-23)32(33,34)35)13-24(18)25-14-21-17-38-31(36)40-28(21)27(29(25)42)20-9-10-26(37-16-20)41-11-2-3-12-41/h4-10,13-17,42H,2-3,11-12H2,1H3,(H,39,43)(H2,36,38,40). The van der Waals surface area contributed by atoms with Gasteiger partial charge in [-0.2, -0.15) is 13.2 Å². The number of aromatic hydroxyl groups is 1. The van der Waals surface area contributed by atoms with Gasteiger partial charge in [-0.25, -0.2) is 15.0 Å². The van der Waals surface area contributed by atoms with Gasteiger partial charge in [-0.15, -0.1) is 0 Å². The van der Waals surface area contributed by atoms with Crippen molar-refractivity contribution in [1.29, 1.82) is 0 Å². The number of phenolic OH excluding ortho intramolecular Hbond substituents is 1. The smallest absolute Gasteiger partial charge is 0.416 e. The molecule has 0 unspecified atom stereocenters. The number of aryl methyl sites for hydroxylation is 1. The van der Waals surface area contributed by atoms with Crippen LogP contribution in [0.2, 0.25) is 0 Å². The molecule has 11 heteroatoms. The number of rotatable bonds is 5. The summed E-state index contributed by atoms with van der Waals surface area (Å²) in [6, 6.07) is 14.8. The van der Waals surface area contributed by atoms with Gasteiger partial charge in [0.05, 0.1) is 16.6 Å². The maximum absolute atomic E-state index is 13.2. The van der Waals surface area contributed by atoms with Crippen molar-refractivity contribution in [1.82, 2.24) is 15.0 Å². The Balaban J connectivity index is 1.42. The monoisotopic (exact) mass is 584 g/mol. The molecule has 1 aliphatic rings. The molecule has 3 heterocycles. The Morgan fingerprint density at radius 2 is 1.77 bits per heavy atom. The second-order valence-electron chi connectivity index (χ2n) is 10.5. The average molecular weight is 585 g/mol. The summed E-state index contributed by atoms with van der Waals surface area (Å²) in [6.45, 7) is 3.71. The number of pyridine rings is 1. The maximum atomic E-state index is 13.2. The third kappa shape index (κ3) is 5.53. The lowest BCUT2D eigenvalue weighted by molar-refractivity contribution is -0.137. The Morgan fingerprint density at radius 1 is 0.977 bits per heavy atom. The van der Waals surface area contributed by atoms with Gasteiger partial charge in [-0.05, 0) is 79.4 Å². The Labute approximate surface area is 245 Å². The number of phenols is 1. The highest BCUT2D eigenvalue weighted by Crippen LogP contribution is 2.44. The minimum absolute atomic E-state index is 0.0115. The fourth-order valence-electron chi connectivity index (χ4n) is 5.36. The SMILES string of the molecule is Cc1ccc(C(=O)Nc2cccc(C(F)(F)F)c2)cc1-c1cc2cnc(N)nc2c(-c2ccc(N3CCCC3)nc2)c1O. The molecule has 0 aliphatic carbocycles. The molecule has 1 fully saturated rings. The number of carbonyl (C=O) groups excluding carboxylic acids is 1. The highest BCUT2D eigenvalue weighted by Gasteiger charge is 2.30. The Hall–Kier alpha value is -5.19. The number of halogens is 3. The Bertz CT molecular complexity index is 1850. The van der Waals surface area contributed by atoms with E-state index in [1.807, 2.05) is 19.1 Å². The molecule has 6 rings (SSSR count). The van der Waals surface area contributed by atoms with Crippen molar-refractivity contribution in [3.8, 4) is 28.0 Å². The number of fused-ring (bicyclic) bond motifs is 1. The van der Waals surface area contributed by atoms with E-state index >= 15 is 0 Å². The van der Waals surface area contributed by atoms with Gasteiger partial charge in [0.2, 0.25) is 5.95 Å². The van der Waals surface area contributed by atoms with Crippen molar-refractivity contribution in [2.24, 2.45) is 0 Å². The number of nitrogen functional groups attached to an aromatic ring is 1. The molecule has 1 amide bonds. The molecular formula is C32H27F3N6O2. The number of nitrogens with one attached hydrogen (secondary N) is 1. The highest BCUT2D eigenvalue weighted by atomic mass is 19.4. The van der Waals surface area contributed by atoms with E-state index in [4.69, 9.17) is 5.73 Å². The van der Waals surface area contributed by atoms with Crippen LogP contribution in [-0.4, -0.2) is 39.1 Å². The molecule has 4 N–H and O–H groups in total. The van der Waals surface area contributed by atoms with E-state index in [1.54, 1.807) is 36.7 Å². The number of hydrogen-bond acceptors (Lipinski definition) is 7. The number of carbonyl (C=O) groups is 1. The van der Waals surface area contributed by atoms with Crippen molar-refractivity contribution in [3.63, 3.8) is 0 Å². The van der Waals surface area contributed by atoms with Crippen molar-refractivity contribution in [3.05, 3.63) is 89.7 Å². The third-order valence-corrected chi connectivity index (χ3v) is 7.57.